The van der Waals surface area contributed by atoms with Gasteiger partial charge >= 0.3 is 12.3 Å². The van der Waals surface area contributed by atoms with E-state index in [0.717, 1.165) is 12.1 Å². The smallest absolute Gasteiger partial charge is 0.416 e. The molecule has 3 aromatic rings. The van der Waals surface area contributed by atoms with Crippen LogP contribution in [0.5, 0.6) is 5.75 Å². The van der Waals surface area contributed by atoms with Gasteiger partial charge in [-0.3, -0.25) is 0 Å². The van der Waals surface area contributed by atoms with E-state index >= 15 is 0 Å². The molecule has 11 heteroatoms. The first kappa shape index (κ1) is 29.4. The third kappa shape index (κ3) is 6.41. The van der Waals surface area contributed by atoms with Crippen molar-refractivity contribution in [3.63, 3.8) is 0 Å². The van der Waals surface area contributed by atoms with E-state index in [2.05, 4.69) is 15.3 Å². The Bertz CT molecular complexity index is 1400. The van der Waals surface area contributed by atoms with Gasteiger partial charge in [0.05, 0.1) is 23.8 Å². The lowest BCUT2D eigenvalue weighted by Crippen LogP contribution is -2.46. The number of piperidine rings is 1. The maximum Gasteiger partial charge on any atom is 0.416 e. The summed E-state index contributed by atoms with van der Waals surface area (Å²) < 4.78 is 51.0. The molecule has 8 nitrogen and oxygen atoms in total. The zero-order valence-electron chi connectivity index (χ0n) is 23.5. The van der Waals surface area contributed by atoms with Gasteiger partial charge in [-0.05, 0) is 71.2 Å². The Morgan fingerprint density at radius 1 is 1.12 bits per heavy atom. The van der Waals surface area contributed by atoms with Gasteiger partial charge in [0.15, 0.2) is 0 Å². The van der Waals surface area contributed by atoms with Crippen LogP contribution in [0.3, 0.4) is 0 Å². The zero-order chi connectivity index (χ0) is 29.5. The lowest BCUT2D eigenvalue weighted by molar-refractivity contribution is -0.137. The van der Waals surface area contributed by atoms with E-state index in [0.29, 0.717) is 39.4 Å². The van der Waals surface area contributed by atoms with E-state index in [-0.39, 0.29) is 25.9 Å². The molecule has 1 aromatic heterocycles. The molecule has 0 bridgehead atoms. The quantitative estimate of drug-likeness (QED) is 0.375. The monoisotopic (exact) mass is 560 g/mol. The fourth-order valence-corrected chi connectivity index (χ4v) is 4.84. The molecule has 0 spiro atoms. The Hall–Kier alpha value is -3.60. The number of alkyl halides is 3. The number of fused-ring (bicyclic) bond motifs is 1. The molecule has 216 valence electrons. The minimum Gasteiger partial charge on any atom is -0.496 e. The number of hydrogen-bond donors (Lipinski definition) is 2. The van der Waals surface area contributed by atoms with Crippen molar-refractivity contribution >= 4 is 22.8 Å². The maximum atomic E-state index is 13.3. The van der Waals surface area contributed by atoms with Gasteiger partial charge < -0.3 is 24.8 Å². The first-order chi connectivity index (χ1) is 18.6. The van der Waals surface area contributed by atoms with Crippen LogP contribution in [-0.2, 0) is 16.5 Å². The van der Waals surface area contributed by atoms with Crippen molar-refractivity contribution in [2.45, 2.75) is 70.9 Å². The van der Waals surface area contributed by atoms with E-state index in [4.69, 9.17) is 9.47 Å². The van der Waals surface area contributed by atoms with Crippen molar-refractivity contribution in [3.8, 4) is 5.75 Å². The summed E-state index contributed by atoms with van der Waals surface area (Å²) in [5.74, 6) is 1.33. The minimum atomic E-state index is -4.45. The first-order valence-electron chi connectivity index (χ1n) is 13.1. The van der Waals surface area contributed by atoms with E-state index in [9.17, 15) is 23.1 Å². The summed E-state index contributed by atoms with van der Waals surface area (Å²) in [6.07, 6.45) is -4.37. The van der Waals surface area contributed by atoms with E-state index in [1.807, 2.05) is 0 Å². The van der Waals surface area contributed by atoms with Crippen LogP contribution in [0, 0.1) is 6.92 Å². The maximum absolute atomic E-state index is 13.3. The number of rotatable bonds is 5. The summed E-state index contributed by atoms with van der Waals surface area (Å²) in [6.45, 7) is 9.45. The Kier molecular flexibility index (Phi) is 7.90. The SMILES string of the molecule is COc1cc2nc(C)nc(N[C@H](C)c3cccc(C(F)(F)F)c3)c2cc1C1(O)CCN(C(=O)OC(C)(C)C)CC1. The van der Waals surface area contributed by atoms with Crippen LogP contribution in [0.25, 0.3) is 10.9 Å². The average Bonchev–Trinajstić information content (AvgIpc) is 2.86. The van der Waals surface area contributed by atoms with Gasteiger partial charge in [-0.1, -0.05) is 12.1 Å². The lowest BCUT2D eigenvalue weighted by atomic mass is 9.83. The van der Waals surface area contributed by atoms with Crippen molar-refractivity contribution in [1.29, 1.82) is 0 Å². The van der Waals surface area contributed by atoms with Crippen LogP contribution in [0.2, 0.25) is 0 Å². The van der Waals surface area contributed by atoms with Crippen LogP contribution in [0.1, 0.15) is 69.1 Å². The fraction of sp³-hybridized carbons (Fsp3) is 0.483. The number of ether oxygens (including phenoxy) is 2. The number of benzene rings is 2. The van der Waals surface area contributed by atoms with Gasteiger partial charge in [0.1, 0.15) is 23.0 Å². The standard InChI is InChI=1S/C29H35F3N4O4/c1-17(19-8-7-9-20(14-19)29(30,31)32)33-25-21-15-22(24(39-6)16-23(21)34-18(2)35-25)28(38)10-12-36(13-11-28)26(37)40-27(3,4)5/h7-9,14-17,38H,10-13H2,1-6H3,(H,33,34,35)/t17-/m1/s1. The van der Waals surface area contributed by atoms with Crippen LogP contribution in [-0.4, -0.2) is 51.9 Å². The molecule has 4 rings (SSSR count). The second kappa shape index (κ2) is 10.8. The first-order valence-corrected chi connectivity index (χ1v) is 13.1. The molecule has 1 saturated heterocycles. The van der Waals surface area contributed by atoms with Crippen molar-refractivity contribution < 1.29 is 32.5 Å². The normalized spacial score (nSPS) is 16.5. The topological polar surface area (TPSA) is 96.8 Å². The van der Waals surface area contributed by atoms with Gasteiger partial charge in [-0.15, -0.1) is 0 Å². The van der Waals surface area contributed by atoms with Gasteiger partial charge in [-0.25, -0.2) is 14.8 Å². The van der Waals surface area contributed by atoms with E-state index < -0.39 is 35.1 Å². The number of halogens is 3. The number of amides is 1. The second-order valence-corrected chi connectivity index (χ2v) is 11.2. The number of likely N-dealkylation sites (tertiary alicyclic amines) is 1. The summed E-state index contributed by atoms with van der Waals surface area (Å²) in [4.78, 5) is 23.2. The summed E-state index contributed by atoms with van der Waals surface area (Å²) in [5.41, 5.74) is -1.13. The third-order valence-corrected chi connectivity index (χ3v) is 6.94. The van der Waals surface area contributed by atoms with Crippen molar-refractivity contribution in [2.75, 3.05) is 25.5 Å². The molecule has 1 amide bonds. The summed E-state index contributed by atoms with van der Waals surface area (Å²) >= 11 is 0. The number of hydrogen-bond acceptors (Lipinski definition) is 7. The van der Waals surface area contributed by atoms with Gasteiger partial charge in [0.25, 0.3) is 0 Å². The molecule has 1 aliphatic heterocycles. The van der Waals surface area contributed by atoms with Crippen LogP contribution in [0.4, 0.5) is 23.8 Å². The summed E-state index contributed by atoms with van der Waals surface area (Å²) in [7, 11) is 1.51. The van der Waals surface area contributed by atoms with E-state index in [1.165, 1.54) is 13.2 Å². The zero-order valence-corrected chi connectivity index (χ0v) is 23.5. The molecule has 0 saturated carbocycles. The Balaban J connectivity index is 1.66. The molecular weight excluding hydrogens is 525 g/mol. The summed E-state index contributed by atoms with van der Waals surface area (Å²) in [6, 6.07) is 8.12. The van der Waals surface area contributed by atoms with Gasteiger partial charge in [0, 0.05) is 36.1 Å². The largest absolute Gasteiger partial charge is 0.496 e. The summed E-state index contributed by atoms with van der Waals surface area (Å²) in [5, 5.41) is 15.6. The van der Waals surface area contributed by atoms with Crippen LogP contribution in [0.15, 0.2) is 36.4 Å². The molecule has 1 atom stereocenters. The predicted molar refractivity (Wildman–Crippen MR) is 145 cm³/mol. The molecule has 0 unspecified atom stereocenters. The number of carbonyl (C=O) groups excluding carboxylic acids is 1. The molecule has 0 radical (unpaired) electrons. The third-order valence-electron chi connectivity index (χ3n) is 6.94. The number of aliphatic hydroxyl groups is 1. The van der Waals surface area contributed by atoms with Crippen LogP contribution < -0.4 is 10.1 Å². The number of nitrogens with zero attached hydrogens (tertiary/aromatic N) is 3. The fourth-order valence-electron chi connectivity index (χ4n) is 4.84. The lowest BCUT2D eigenvalue weighted by Gasteiger charge is -2.39. The molecular formula is C29H35F3N4O4. The number of aromatic nitrogens is 2. The van der Waals surface area contributed by atoms with Gasteiger partial charge in [0.2, 0.25) is 0 Å². The molecule has 1 fully saturated rings. The molecule has 1 aliphatic rings. The number of anilines is 1. The van der Waals surface area contributed by atoms with E-state index in [1.54, 1.807) is 57.7 Å². The molecule has 2 N–H and O–H groups in total. The Labute approximate surface area is 231 Å². The highest BCUT2D eigenvalue weighted by molar-refractivity contribution is 5.91. The Morgan fingerprint density at radius 2 is 1.80 bits per heavy atom. The average molecular weight is 561 g/mol. The second-order valence-electron chi connectivity index (χ2n) is 11.2. The van der Waals surface area contributed by atoms with Gasteiger partial charge in [-0.2, -0.15) is 13.2 Å². The molecule has 0 aliphatic carbocycles. The highest BCUT2D eigenvalue weighted by atomic mass is 19.4. The Morgan fingerprint density at radius 3 is 2.40 bits per heavy atom. The number of nitrogens with one attached hydrogen (secondary N) is 1. The predicted octanol–water partition coefficient (Wildman–Crippen LogP) is 6.36. The van der Waals surface area contributed by atoms with Crippen LogP contribution >= 0.6 is 0 Å². The highest BCUT2D eigenvalue weighted by Gasteiger charge is 2.39. The number of methoxy groups -OCH3 is 1. The molecule has 2 heterocycles. The molecule has 40 heavy (non-hydrogen) atoms. The number of aryl methyl sites for hydroxylation is 1. The van der Waals surface area contributed by atoms with Crippen molar-refractivity contribution in [2.24, 2.45) is 0 Å². The van der Waals surface area contributed by atoms with Crippen molar-refractivity contribution in [1.82, 2.24) is 14.9 Å². The minimum absolute atomic E-state index is 0.254. The van der Waals surface area contributed by atoms with Crippen molar-refractivity contribution in [3.05, 3.63) is 58.9 Å². The number of carbonyl (C=O) groups is 1. The highest BCUT2D eigenvalue weighted by Crippen LogP contribution is 2.41. The molecule has 2 aromatic carbocycles.